The number of carbonyl (C=O) groups is 2. The number of piperazine rings is 1. The molecule has 26 heavy (non-hydrogen) atoms. The quantitative estimate of drug-likeness (QED) is 0.821. The fourth-order valence-electron chi connectivity index (χ4n) is 2.94. The molecule has 0 radical (unpaired) electrons. The number of hydrogen-bond donors (Lipinski definition) is 1. The number of ether oxygens (including phenoxy) is 1. The van der Waals surface area contributed by atoms with Crippen LogP contribution in [0.4, 0.5) is 4.79 Å². The number of halogens is 2. The smallest absolute Gasteiger partial charge is 0.409 e. The van der Waals surface area contributed by atoms with Gasteiger partial charge in [0.05, 0.1) is 18.7 Å². The van der Waals surface area contributed by atoms with Gasteiger partial charge in [-0.25, -0.2) is 4.79 Å². The van der Waals surface area contributed by atoms with E-state index in [0.29, 0.717) is 42.8 Å². The van der Waals surface area contributed by atoms with Gasteiger partial charge in [-0.15, -0.1) is 0 Å². The Morgan fingerprint density at radius 3 is 2.42 bits per heavy atom. The predicted molar refractivity (Wildman–Crippen MR) is 103 cm³/mol. The minimum atomic E-state index is -0.298. The molecule has 1 aromatic rings. The summed E-state index contributed by atoms with van der Waals surface area (Å²) in [5, 5.41) is 4.08. The summed E-state index contributed by atoms with van der Waals surface area (Å²) in [7, 11) is 0. The monoisotopic (exact) mass is 401 g/mol. The molecule has 1 heterocycles. The van der Waals surface area contributed by atoms with Gasteiger partial charge in [0.1, 0.15) is 0 Å². The predicted octanol–water partition coefficient (Wildman–Crippen LogP) is 3.33. The molecule has 0 bridgehead atoms. The van der Waals surface area contributed by atoms with Gasteiger partial charge in [0, 0.05) is 36.2 Å². The molecule has 0 saturated carbocycles. The lowest BCUT2D eigenvalue weighted by Crippen LogP contribution is -2.55. The molecule has 8 heteroatoms. The van der Waals surface area contributed by atoms with E-state index in [1.807, 2.05) is 19.9 Å². The van der Waals surface area contributed by atoms with Crippen molar-refractivity contribution in [2.45, 2.75) is 32.9 Å². The minimum Gasteiger partial charge on any atom is -0.450 e. The number of nitrogens with zero attached hydrogens (tertiary/aromatic N) is 2. The van der Waals surface area contributed by atoms with Gasteiger partial charge in [0.2, 0.25) is 5.91 Å². The Bertz CT molecular complexity index is 649. The lowest BCUT2D eigenvalue weighted by molar-refractivity contribution is -0.127. The van der Waals surface area contributed by atoms with Crippen LogP contribution in [-0.2, 0) is 9.53 Å². The summed E-state index contributed by atoms with van der Waals surface area (Å²) in [6, 6.07) is 4.71. The van der Waals surface area contributed by atoms with E-state index in [2.05, 4.69) is 10.2 Å². The Kier molecular flexibility index (Phi) is 7.55. The van der Waals surface area contributed by atoms with E-state index in [-0.39, 0.29) is 24.1 Å². The van der Waals surface area contributed by atoms with Crippen LogP contribution in [0.25, 0.3) is 0 Å². The summed E-state index contributed by atoms with van der Waals surface area (Å²) in [6.45, 7) is 8.26. The first-order chi connectivity index (χ1) is 12.3. The third-order valence-corrected chi connectivity index (χ3v) is 5.12. The van der Waals surface area contributed by atoms with Crippen LogP contribution in [0, 0.1) is 0 Å². The van der Waals surface area contributed by atoms with Gasteiger partial charge in [0.15, 0.2) is 0 Å². The van der Waals surface area contributed by atoms with Gasteiger partial charge in [-0.2, -0.15) is 0 Å². The molecule has 1 aliphatic rings. The van der Waals surface area contributed by atoms with Crippen molar-refractivity contribution in [3.63, 3.8) is 0 Å². The number of benzene rings is 1. The van der Waals surface area contributed by atoms with E-state index in [0.717, 1.165) is 5.56 Å². The zero-order chi connectivity index (χ0) is 19.3. The van der Waals surface area contributed by atoms with E-state index >= 15 is 0 Å². The highest BCUT2D eigenvalue weighted by Crippen LogP contribution is 2.26. The van der Waals surface area contributed by atoms with Crippen molar-refractivity contribution in [1.29, 1.82) is 0 Å². The fourth-order valence-corrected chi connectivity index (χ4v) is 3.51. The molecule has 1 fully saturated rings. The van der Waals surface area contributed by atoms with Crippen molar-refractivity contribution in [2.75, 3.05) is 32.8 Å². The summed E-state index contributed by atoms with van der Waals surface area (Å²) in [4.78, 5) is 28.1. The number of rotatable bonds is 5. The minimum absolute atomic E-state index is 0.0758. The number of hydrogen-bond acceptors (Lipinski definition) is 4. The van der Waals surface area contributed by atoms with Crippen LogP contribution in [0.1, 0.15) is 32.4 Å². The van der Waals surface area contributed by atoms with Crippen molar-refractivity contribution in [3.8, 4) is 0 Å². The first-order valence-electron chi connectivity index (χ1n) is 8.74. The summed E-state index contributed by atoms with van der Waals surface area (Å²) in [6.07, 6.45) is -0.296. The second-order valence-corrected chi connectivity index (χ2v) is 7.14. The molecule has 1 aliphatic heterocycles. The molecule has 6 nitrogen and oxygen atoms in total. The zero-order valence-corrected chi connectivity index (χ0v) is 16.8. The van der Waals surface area contributed by atoms with Gasteiger partial charge < -0.3 is 15.0 Å². The van der Waals surface area contributed by atoms with Gasteiger partial charge in [-0.05, 0) is 38.5 Å². The van der Waals surface area contributed by atoms with Gasteiger partial charge in [-0.1, -0.05) is 29.3 Å². The van der Waals surface area contributed by atoms with Crippen molar-refractivity contribution >= 4 is 35.2 Å². The van der Waals surface area contributed by atoms with Gasteiger partial charge >= 0.3 is 6.09 Å². The van der Waals surface area contributed by atoms with Gasteiger partial charge in [-0.3, -0.25) is 9.69 Å². The Morgan fingerprint density at radius 1 is 1.19 bits per heavy atom. The van der Waals surface area contributed by atoms with E-state index in [1.165, 1.54) is 0 Å². The molecule has 1 saturated heterocycles. The van der Waals surface area contributed by atoms with Gasteiger partial charge in [0.25, 0.3) is 0 Å². The summed E-state index contributed by atoms with van der Waals surface area (Å²) in [5.41, 5.74) is 0.823. The van der Waals surface area contributed by atoms with E-state index in [1.54, 1.807) is 24.0 Å². The SMILES string of the molecule is CCOC(=O)N1CCN([C@H](C)C(=O)N[C@@H](C)c2ccc(Cl)cc2Cl)CC1. The van der Waals surface area contributed by atoms with Crippen LogP contribution in [0.3, 0.4) is 0 Å². The third kappa shape index (κ3) is 5.25. The molecule has 0 aromatic heterocycles. The second-order valence-electron chi connectivity index (χ2n) is 6.29. The summed E-state index contributed by atoms with van der Waals surface area (Å²) < 4.78 is 5.01. The van der Waals surface area contributed by atoms with E-state index in [4.69, 9.17) is 27.9 Å². The van der Waals surface area contributed by atoms with Crippen molar-refractivity contribution < 1.29 is 14.3 Å². The largest absolute Gasteiger partial charge is 0.450 e. The highest BCUT2D eigenvalue weighted by atomic mass is 35.5. The molecule has 0 unspecified atom stereocenters. The molecule has 1 N–H and O–H groups in total. The fraction of sp³-hybridized carbons (Fsp3) is 0.556. The number of carbonyl (C=O) groups excluding carboxylic acids is 2. The molecule has 0 aliphatic carbocycles. The molecule has 0 spiro atoms. The Morgan fingerprint density at radius 2 is 1.85 bits per heavy atom. The first-order valence-corrected chi connectivity index (χ1v) is 9.50. The van der Waals surface area contributed by atoms with Crippen molar-refractivity contribution in [2.24, 2.45) is 0 Å². The molecule has 2 atom stereocenters. The molecule has 1 aromatic carbocycles. The molecule has 2 amide bonds. The molecule has 144 valence electrons. The summed E-state index contributed by atoms with van der Waals surface area (Å²) >= 11 is 12.1. The maximum Gasteiger partial charge on any atom is 0.409 e. The lowest BCUT2D eigenvalue weighted by atomic mass is 10.1. The normalized spacial score (nSPS) is 17.5. The number of nitrogens with one attached hydrogen (secondary N) is 1. The van der Waals surface area contributed by atoms with Crippen molar-refractivity contribution in [1.82, 2.24) is 15.1 Å². The average molecular weight is 402 g/mol. The Hall–Kier alpha value is -1.50. The topological polar surface area (TPSA) is 61.9 Å². The lowest BCUT2D eigenvalue weighted by Gasteiger charge is -2.37. The average Bonchev–Trinajstić information content (AvgIpc) is 2.61. The van der Waals surface area contributed by atoms with Crippen molar-refractivity contribution in [3.05, 3.63) is 33.8 Å². The standard InChI is InChI=1S/C18H25Cl2N3O3/c1-4-26-18(25)23-9-7-22(8-10-23)13(3)17(24)21-12(2)15-6-5-14(19)11-16(15)20/h5-6,11-13H,4,7-10H2,1-3H3,(H,21,24)/t12-,13+/m0/s1. The zero-order valence-electron chi connectivity index (χ0n) is 15.3. The van der Waals surface area contributed by atoms with Crippen LogP contribution in [0.2, 0.25) is 10.0 Å². The van der Waals surface area contributed by atoms with Crippen LogP contribution < -0.4 is 5.32 Å². The van der Waals surface area contributed by atoms with E-state index < -0.39 is 0 Å². The van der Waals surface area contributed by atoms with Crippen LogP contribution in [-0.4, -0.2) is 60.6 Å². The molecular weight excluding hydrogens is 377 g/mol. The van der Waals surface area contributed by atoms with E-state index in [9.17, 15) is 9.59 Å². The Balaban J connectivity index is 1.88. The van der Waals surface area contributed by atoms with Crippen LogP contribution >= 0.6 is 23.2 Å². The maximum atomic E-state index is 12.6. The van der Waals surface area contributed by atoms with Crippen LogP contribution in [0.15, 0.2) is 18.2 Å². The highest BCUT2D eigenvalue weighted by molar-refractivity contribution is 6.35. The Labute approximate surface area is 164 Å². The second kappa shape index (κ2) is 9.44. The molecular formula is C18H25Cl2N3O3. The number of amides is 2. The maximum absolute atomic E-state index is 12.6. The highest BCUT2D eigenvalue weighted by Gasteiger charge is 2.28. The summed E-state index contributed by atoms with van der Waals surface area (Å²) in [5.74, 6) is -0.0758. The third-order valence-electron chi connectivity index (χ3n) is 4.56. The first kappa shape index (κ1) is 20.8. The van der Waals surface area contributed by atoms with Crippen LogP contribution in [0.5, 0.6) is 0 Å². The molecule has 2 rings (SSSR count).